The lowest BCUT2D eigenvalue weighted by Gasteiger charge is -2.18. The zero-order chi connectivity index (χ0) is 24.9. The average molecular weight is 483 g/mol. The molecule has 0 fully saturated rings. The molecule has 0 bridgehead atoms. The number of ether oxygens (including phenoxy) is 1. The lowest BCUT2D eigenvalue weighted by atomic mass is 10.0. The molecular weight excluding hydrogens is 457 g/mol. The Morgan fingerprint density at radius 1 is 1.03 bits per heavy atom. The van der Waals surface area contributed by atoms with Gasteiger partial charge in [0.25, 0.3) is 5.91 Å². The van der Waals surface area contributed by atoms with E-state index in [1.165, 1.54) is 18.2 Å². The number of aromatic amines is 1. The van der Waals surface area contributed by atoms with Gasteiger partial charge in [-0.1, -0.05) is 19.1 Å². The molecule has 0 aliphatic rings. The van der Waals surface area contributed by atoms with Crippen LogP contribution in [0.1, 0.15) is 29.3 Å². The SMILES string of the molecule is CCCOc1ccc(-c2ccc(F)c(F)c2)cc1C(=O)NC(CO)Cc1c[nH]c2ccc(F)cc12. The van der Waals surface area contributed by atoms with Crippen molar-refractivity contribution in [1.29, 1.82) is 0 Å². The first-order valence-electron chi connectivity index (χ1n) is 11.3. The van der Waals surface area contributed by atoms with Gasteiger partial charge in [-0.2, -0.15) is 0 Å². The predicted octanol–water partition coefficient (Wildman–Crippen LogP) is 5.37. The van der Waals surface area contributed by atoms with E-state index >= 15 is 0 Å². The lowest BCUT2D eigenvalue weighted by molar-refractivity contribution is 0.0912. The van der Waals surface area contributed by atoms with Gasteiger partial charge in [-0.3, -0.25) is 4.79 Å². The summed E-state index contributed by atoms with van der Waals surface area (Å²) in [7, 11) is 0. The van der Waals surface area contributed by atoms with Gasteiger partial charge in [0, 0.05) is 17.1 Å². The van der Waals surface area contributed by atoms with E-state index in [9.17, 15) is 23.1 Å². The number of aliphatic hydroxyl groups excluding tert-OH is 1. The zero-order valence-electron chi connectivity index (χ0n) is 19.1. The molecule has 0 saturated carbocycles. The summed E-state index contributed by atoms with van der Waals surface area (Å²) in [5, 5.41) is 13.4. The van der Waals surface area contributed by atoms with E-state index in [-0.39, 0.29) is 24.4 Å². The average Bonchev–Trinajstić information content (AvgIpc) is 3.25. The molecule has 1 aromatic heterocycles. The van der Waals surface area contributed by atoms with Crippen molar-refractivity contribution in [2.45, 2.75) is 25.8 Å². The van der Waals surface area contributed by atoms with Crippen LogP contribution in [-0.2, 0) is 6.42 Å². The molecule has 8 heteroatoms. The summed E-state index contributed by atoms with van der Waals surface area (Å²) >= 11 is 0. The zero-order valence-corrected chi connectivity index (χ0v) is 19.1. The second-order valence-electron chi connectivity index (χ2n) is 8.25. The third-order valence-corrected chi connectivity index (χ3v) is 5.69. The molecule has 0 saturated heterocycles. The number of H-pyrrole nitrogens is 1. The number of aliphatic hydroxyl groups is 1. The Labute approximate surface area is 200 Å². The van der Waals surface area contributed by atoms with Gasteiger partial charge in [0.05, 0.1) is 24.8 Å². The lowest BCUT2D eigenvalue weighted by Crippen LogP contribution is -2.39. The van der Waals surface area contributed by atoms with Crippen molar-refractivity contribution in [1.82, 2.24) is 10.3 Å². The van der Waals surface area contributed by atoms with Gasteiger partial charge >= 0.3 is 0 Å². The van der Waals surface area contributed by atoms with E-state index in [4.69, 9.17) is 4.74 Å². The van der Waals surface area contributed by atoms with Crippen LogP contribution >= 0.6 is 0 Å². The maximum absolute atomic E-state index is 13.8. The van der Waals surface area contributed by atoms with E-state index in [2.05, 4.69) is 10.3 Å². The standard InChI is InChI=1S/C27H25F3N2O3/c1-2-9-35-26-8-4-16(17-3-6-23(29)24(30)12-17)11-22(26)27(34)32-20(15-33)10-18-14-31-25-7-5-19(28)13-21(18)25/h3-8,11-14,20,31,33H,2,9-10,15H2,1H3,(H,32,34). The molecule has 1 heterocycles. The van der Waals surface area contributed by atoms with E-state index in [0.717, 1.165) is 29.6 Å². The summed E-state index contributed by atoms with van der Waals surface area (Å²) < 4.78 is 46.6. The maximum Gasteiger partial charge on any atom is 0.255 e. The van der Waals surface area contributed by atoms with E-state index in [0.29, 0.717) is 28.9 Å². The Balaban J connectivity index is 1.61. The Bertz CT molecular complexity index is 1350. The van der Waals surface area contributed by atoms with Crippen LogP contribution in [0.3, 0.4) is 0 Å². The molecular formula is C27H25F3N2O3. The molecule has 5 nitrogen and oxygen atoms in total. The number of carbonyl (C=O) groups excluding carboxylic acids is 1. The normalized spacial score (nSPS) is 12.0. The quantitative estimate of drug-likeness (QED) is 0.300. The minimum Gasteiger partial charge on any atom is -0.493 e. The highest BCUT2D eigenvalue weighted by atomic mass is 19.2. The van der Waals surface area contributed by atoms with Crippen LogP contribution in [-0.4, -0.2) is 35.3 Å². The minimum absolute atomic E-state index is 0.198. The number of aromatic nitrogens is 1. The number of nitrogens with one attached hydrogen (secondary N) is 2. The second kappa shape index (κ2) is 10.7. The number of hydrogen-bond acceptors (Lipinski definition) is 3. The van der Waals surface area contributed by atoms with Crippen LogP contribution in [0.15, 0.2) is 60.8 Å². The molecule has 1 unspecified atom stereocenters. The van der Waals surface area contributed by atoms with Gasteiger partial charge in [-0.15, -0.1) is 0 Å². The highest BCUT2D eigenvalue weighted by Crippen LogP contribution is 2.28. The van der Waals surface area contributed by atoms with Gasteiger partial charge in [-0.05, 0) is 72.0 Å². The van der Waals surface area contributed by atoms with Crippen LogP contribution in [0.5, 0.6) is 5.75 Å². The number of rotatable bonds is 9. The van der Waals surface area contributed by atoms with E-state index in [1.807, 2.05) is 6.92 Å². The van der Waals surface area contributed by atoms with Crippen molar-refractivity contribution in [2.24, 2.45) is 0 Å². The number of fused-ring (bicyclic) bond motifs is 1. The third kappa shape index (κ3) is 5.49. The van der Waals surface area contributed by atoms with Crippen LogP contribution in [0, 0.1) is 17.5 Å². The molecule has 0 aliphatic carbocycles. The first-order valence-corrected chi connectivity index (χ1v) is 11.3. The van der Waals surface area contributed by atoms with E-state index < -0.39 is 23.6 Å². The largest absolute Gasteiger partial charge is 0.493 e. The van der Waals surface area contributed by atoms with Crippen molar-refractivity contribution in [3.8, 4) is 16.9 Å². The number of carbonyl (C=O) groups is 1. The maximum atomic E-state index is 13.8. The Kier molecular flexibility index (Phi) is 7.41. The molecule has 4 rings (SSSR count). The highest BCUT2D eigenvalue weighted by molar-refractivity contribution is 5.98. The van der Waals surface area contributed by atoms with Crippen molar-refractivity contribution in [3.63, 3.8) is 0 Å². The summed E-state index contributed by atoms with van der Waals surface area (Å²) in [5.74, 6) is -2.49. The van der Waals surface area contributed by atoms with Crippen LogP contribution in [0.25, 0.3) is 22.0 Å². The molecule has 3 N–H and O–H groups in total. The van der Waals surface area contributed by atoms with Gasteiger partial charge in [0.1, 0.15) is 11.6 Å². The Hall–Kier alpha value is -3.78. The van der Waals surface area contributed by atoms with Crippen molar-refractivity contribution in [2.75, 3.05) is 13.2 Å². The fraction of sp³-hybridized carbons (Fsp3) is 0.222. The topological polar surface area (TPSA) is 74.3 Å². The smallest absolute Gasteiger partial charge is 0.255 e. The van der Waals surface area contributed by atoms with Crippen LogP contribution < -0.4 is 10.1 Å². The van der Waals surface area contributed by atoms with Gasteiger partial charge < -0.3 is 20.1 Å². The molecule has 0 radical (unpaired) electrons. The van der Waals surface area contributed by atoms with Gasteiger partial charge in [0.15, 0.2) is 11.6 Å². The number of benzene rings is 3. The summed E-state index contributed by atoms with van der Waals surface area (Å²) in [5.41, 5.74) is 2.60. The molecule has 0 spiro atoms. The minimum atomic E-state index is -0.990. The summed E-state index contributed by atoms with van der Waals surface area (Å²) in [6.45, 7) is 1.97. The highest BCUT2D eigenvalue weighted by Gasteiger charge is 2.20. The van der Waals surface area contributed by atoms with Crippen molar-refractivity contribution in [3.05, 3.63) is 89.4 Å². The third-order valence-electron chi connectivity index (χ3n) is 5.69. The fourth-order valence-electron chi connectivity index (χ4n) is 3.91. The molecule has 4 aromatic rings. The van der Waals surface area contributed by atoms with Crippen molar-refractivity contribution >= 4 is 16.8 Å². The molecule has 1 amide bonds. The molecule has 3 aromatic carbocycles. The predicted molar refractivity (Wildman–Crippen MR) is 128 cm³/mol. The Morgan fingerprint density at radius 3 is 2.54 bits per heavy atom. The van der Waals surface area contributed by atoms with Crippen LogP contribution in [0.4, 0.5) is 13.2 Å². The first kappa shape index (κ1) is 24.3. The summed E-state index contributed by atoms with van der Waals surface area (Å²) in [6, 6.07) is 12.1. The Morgan fingerprint density at radius 2 is 1.80 bits per heavy atom. The molecule has 35 heavy (non-hydrogen) atoms. The molecule has 0 aliphatic heterocycles. The van der Waals surface area contributed by atoms with Crippen molar-refractivity contribution < 1.29 is 27.8 Å². The first-order chi connectivity index (χ1) is 16.9. The summed E-state index contributed by atoms with van der Waals surface area (Å²) in [4.78, 5) is 16.3. The number of amides is 1. The monoisotopic (exact) mass is 482 g/mol. The second-order valence-corrected chi connectivity index (χ2v) is 8.25. The fourth-order valence-corrected chi connectivity index (χ4v) is 3.91. The molecule has 1 atom stereocenters. The van der Waals surface area contributed by atoms with Gasteiger partial charge in [-0.25, -0.2) is 13.2 Å². The summed E-state index contributed by atoms with van der Waals surface area (Å²) in [6.07, 6.45) is 2.71. The number of hydrogen-bond donors (Lipinski definition) is 3. The van der Waals surface area contributed by atoms with Crippen LogP contribution in [0.2, 0.25) is 0 Å². The molecule has 182 valence electrons. The number of halogens is 3. The van der Waals surface area contributed by atoms with Gasteiger partial charge in [0.2, 0.25) is 0 Å². The van der Waals surface area contributed by atoms with E-state index in [1.54, 1.807) is 30.5 Å².